The number of hydrogen-bond acceptors (Lipinski definition) is 6. The minimum atomic E-state index is -0.0344. The van der Waals surface area contributed by atoms with Crippen LogP contribution in [0.3, 0.4) is 0 Å². The first-order valence-corrected chi connectivity index (χ1v) is 14.1. The van der Waals surface area contributed by atoms with E-state index in [1.165, 1.54) is 18.2 Å². The zero-order valence-corrected chi connectivity index (χ0v) is 23.2. The average Bonchev–Trinajstić information content (AvgIpc) is 3.24. The molecule has 1 saturated carbocycles. The van der Waals surface area contributed by atoms with Gasteiger partial charge in [-0.2, -0.15) is 0 Å². The number of amidine groups is 1. The minimum absolute atomic E-state index is 0.0344. The number of hydrogen-bond donors (Lipinski definition) is 0. The van der Waals surface area contributed by atoms with E-state index in [0.29, 0.717) is 43.9 Å². The van der Waals surface area contributed by atoms with E-state index in [2.05, 4.69) is 4.98 Å². The van der Waals surface area contributed by atoms with E-state index in [9.17, 15) is 4.79 Å². The van der Waals surface area contributed by atoms with Crippen molar-refractivity contribution in [3.05, 3.63) is 87.0 Å². The van der Waals surface area contributed by atoms with Crippen molar-refractivity contribution in [1.29, 1.82) is 0 Å². The van der Waals surface area contributed by atoms with E-state index in [-0.39, 0.29) is 11.9 Å². The minimum Gasteiger partial charge on any atom is -0.493 e. The third kappa shape index (κ3) is 6.17. The summed E-state index contributed by atoms with van der Waals surface area (Å²) in [5, 5.41) is 1.78. The van der Waals surface area contributed by atoms with Gasteiger partial charge in [0.25, 0.3) is 5.91 Å². The predicted molar refractivity (Wildman–Crippen MR) is 154 cm³/mol. The second-order valence-corrected chi connectivity index (χ2v) is 11.0. The molecule has 1 amide bonds. The molecule has 1 aliphatic carbocycles. The summed E-state index contributed by atoms with van der Waals surface area (Å²) in [6.45, 7) is 0.385. The van der Waals surface area contributed by atoms with Crippen molar-refractivity contribution in [2.45, 2.75) is 44.8 Å². The van der Waals surface area contributed by atoms with Gasteiger partial charge < -0.3 is 9.47 Å². The van der Waals surface area contributed by atoms with Crippen molar-refractivity contribution in [2.24, 2.45) is 4.99 Å². The Hall–Kier alpha value is -3.00. The molecule has 9 heteroatoms. The highest BCUT2D eigenvalue weighted by molar-refractivity contribution is 8.18. The normalized spacial score (nSPS) is 18.4. The molecule has 3 aromatic rings. The fourth-order valence-electron chi connectivity index (χ4n) is 4.57. The van der Waals surface area contributed by atoms with Crippen LogP contribution < -0.4 is 9.47 Å². The molecule has 6 nitrogen and oxygen atoms in total. The molecule has 2 fully saturated rings. The van der Waals surface area contributed by atoms with E-state index in [4.69, 9.17) is 37.7 Å². The van der Waals surface area contributed by atoms with E-state index < -0.39 is 0 Å². The first-order chi connectivity index (χ1) is 18.5. The number of amides is 1. The zero-order chi connectivity index (χ0) is 26.5. The lowest BCUT2D eigenvalue weighted by molar-refractivity contribution is -0.124. The molecular weight excluding hydrogens is 541 g/mol. The summed E-state index contributed by atoms with van der Waals surface area (Å²) < 4.78 is 11.6. The second kappa shape index (κ2) is 12.2. The van der Waals surface area contributed by atoms with Crippen LogP contribution in [-0.4, -0.2) is 34.1 Å². The van der Waals surface area contributed by atoms with Gasteiger partial charge in [-0.05, 0) is 72.1 Å². The lowest BCUT2D eigenvalue weighted by atomic mass is 9.94. The van der Waals surface area contributed by atoms with Crippen molar-refractivity contribution in [2.75, 3.05) is 7.11 Å². The summed E-state index contributed by atoms with van der Waals surface area (Å²) >= 11 is 13.7. The van der Waals surface area contributed by atoms with Gasteiger partial charge in [0.1, 0.15) is 6.61 Å². The van der Waals surface area contributed by atoms with Crippen LogP contribution in [0.25, 0.3) is 6.08 Å². The number of methoxy groups -OCH3 is 1. The number of pyridine rings is 1. The third-order valence-corrected chi connectivity index (χ3v) is 8.06. The Bertz CT molecular complexity index is 1370. The van der Waals surface area contributed by atoms with E-state index in [0.717, 1.165) is 36.8 Å². The highest BCUT2D eigenvalue weighted by Crippen LogP contribution is 2.40. The Balaban J connectivity index is 1.40. The molecule has 38 heavy (non-hydrogen) atoms. The number of carbonyl (C=O) groups excluding carboxylic acids is 1. The maximum atomic E-state index is 13.6. The quantitative estimate of drug-likeness (QED) is 0.271. The average molecular weight is 569 g/mol. The number of aromatic nitrogens is 1. The number of ether oxygens (including phenoxy) is 2. The molecule has 2 aromatic carbocycles. The molecule has 0 radical (unpaired) electrons. The van der Waals surface area contributed by atoms with Gasteiger partial charge in [-0.25, -0.2) is 4.99 Å². The van der Waals surface area contributed by atoms with Crippen LogP contribution in [0.5, 0.6) is 11.5 Å². The smallest absolute Gasteiger partial charge is 0.267 e. The molecule has 0 N–H and O–H groups in total. The molecule has 2 heterocycles. The number of halogens is 2. The fraction of sp³-hybridized carbons (Fsp3) is 0.276. The van der Waals surface area contributed by atoms with Gasteiger partial charge in [0, 0.05) is 23.5 Å². The van der Waals surface area contributed by atoms with E-state index in [1.54, 1.807) is 25.6 Å². The number of aliphatic imine (C=N–C) groups is 1. The van der Waals surface area contributed by atoms with Crippen LogP contribution in [0, 0.1) is 0 Å². The molecule has 0 spiro atoms. The van der Waals surface area contributed by atoms with Crippen LogP contribution in [0.1, 0.15) is 43.2 Å². The Morgan fingerprint density at radius 1 is 1.08 bits per heavy atom. The monoisotopic (exact) mass is 567 g/mol. The molecule has 0 atom stereocenters. The first-order valence-electron chi connectivity index (χ1n) is 12.5. The maximum absolute atomic E-state index is 13.6. The Labute approximate surface area is 236 Å². The van der Waals surface area contributed by atoms with E-state index >= 15 is 0 Å². The van der Waals surface area contributed by atoms with Crippen molar-refractivity contribution in [3.8, 4) is 11.5 Å². The summed E-state index contributed by atoms with van der Waals surface area (Å²) in [5.74, 6) is 1.17. The lowest BCUT2D eigenvalue weighted by Gasteiger charge is -2.30. The Morgan fingerprint density at radius 3 is 2.61 bits per heavy atom. The first kappa shape index (κ1) is 26.6. The molecule has 1 aromatic heterocycles. The topological polar surface area (TPSA) is 64.0 Å². The molecule has 2 aliphatic rings. The molecule has 1 saturated heterocycles. The Kier molecular flexibility index (Phi) is 8.57. The number of carbonyl (C=O) groups is 1. The predicted octanol–water partition coefficient (Wildman–Crippen LogP) is 7.91. The molecule has 0 bridgehead atoms. The van der Waals surface area contributed by atoms with Crippen LogP contribution in [0.4, 0.5) is 5.69 Å². The molecule has 1 aliphatic heterocycles. The molecule has 196 valence electrons. The molecular formula is C29H27Cl2N3O3S. The van der Waals surface area contributed by atoms with Crippen molar-refractivity contribution >= 4 is 57.8 Å². The summed E-state index contributed by atoms with van der Waals surface area (Å²) in [4.78, 5) is 24.9. The maximum Gasteiger partial charge on any atom is 0.267 e. The number of nitrogens with zero attached hydrogens (tertiary/aromatic N) is 3. The summed E-state index contributed by atoms with van der Waals surface area (Å²) in [5.41, 5.74) is 2.44. The van der Waals surface area contributed by atoms with Gasteiger partial charge in [0.15, 0.2) is 16.7 Å². The van der Waals surface area contributed by atoms with Crippen LogP contribution >= 0.6 is 35.0 Å². The zero-order valence-electron chi connectivity index (χ0n) is 20.9. The van der Waals surface area contributed by atoms with Crippen LogP contribution in [0.15, 0.2) is 70.8 Å². The highest BCUT2D eigenvalue weighted by atomic mass is 35.5. The van der Waals surface area contributed by atoms with Crippen LogP contribution in [-0.2, 0) is 11.4 Å². The summed E-state index contributed by atoms with van der Waals surface area (Å²) in [6, 6.07) is 15.1. The molecule has 5 rings (SSSR count). The second-order valence-electron chi connectivity index (χ2n) is 9.12. The fourth-order valence-corrected chi connectivity index (χ4v) is 5.91. The summed E-state index contributed by atoms with van der Waals surface area (Å²) in [6.07, 6.45) is 10.4. The van der Waals surface area contributed by atoms with Crippen molar-refractivity contribution in [3.63, 3.8) is 0 Å². The van der Waals surface area contributed by atoms with Gasteiger partial charge in [0.2, 0.25) is 0 Å². The van der Waals surface area contributed by atoms with Gasteiger partial charge in [0.05, 0.1) is 22.7 Å². The van der Waals surface area contributed by atoms with E-state index in [1.807, 2.05) is 53.4 Å². The van der Waals surface area contributed by atoms with Crippen molar-refractivity contribution in [1.82, 2.24) is 9.88 Å². The number of rotatable bonds is 7. The van der Waals surface area contributed by atoms with Gasteiger partial charge in [-0.3, -0.25) is 14.7 Å². The van der Waals surface area contributed by atoms with Crippen LogP contribution in [0.2, 0.25) is 10.0 Å². The Morgan fingerprint density at radius 2 is 1.87 bits per heavy atom. The molecule has 0 unspecified atom stereocenters. The number of thioether (sulfide) groups is 1. The standard InChI is InChI=1S/C29H27Cl2N3O3S/c1-36-26-15-20(9-12-25(26)37-18-19-7-10-21(30)11-8-19)16-27-28(35)34(22-5-3-2-4-6-22)29(38-27)33-24-13-14-32-17-23(24)31/h7-17,22H,2-6,18H2,1H3/b27-16-,33-29?. The largest absolute Gasteiger partial charge is 0.493 e. The SMILES string of the molecule is COc1cc(/C=C2\SC(=Nc3ccncc3Cl)N(C3CCCCC3)C2=O)ccc1OCc1ccc(Cl)cc1. The lowest BCUT2D eigenvalue weighted by Crippen LogP contribution is -2.40. The van der Waals surface area contributed by atoms with Crippen molar-refractivity contribution < 1.29 is 14.3 Å². The van der Waals surface area contributed by atoms with Gasteiger partial charge in [-0.1, -0.05) is 60.7 Å². The summed E-state index contributed by atoms with van der Waals surface area (Å²) in [7, 11) is 1.60. The van der Waals surface area contributed by atoms with Gasteiger partial charge >= 0.3 is 0 Å². The third-order valence-electron chi connectivity index (χ3n) is 6.54. The van der Waals surface area contributed by atoms with Gasteiger partial charge in [-0.15, -0.1) is 0 Å². The number of benzene rings is 2. The highest BCUT2D eigenvalue weighted by Gasteiger charge is 2.38.